The van der Waals surface area contributed by atoms with Crippen molar-refractivity contribution < 1.29 is 47.6 Å². The number of ether oxygens (including phenoxy) is 6. The quantitative estimate of drug-likeness (QED) is 0.0412. The van der Waals surface area contributed by atoms with Gasteiger partial charge in [0.05, 0.1) is 17.4 Å². The second-order valence-corrected chi connectivity index (χ2v) is 12.8. The largest absolute Gasteiger partial charge is 0.463 e. The fourth-order valence-corrected chi connectivity index (χ4v) is 4.23. The average Bonchev–Trinajstić information content (AvgIpc) is 3.15. The van der Waals surface area contributed by atoms with E-state index in [-0.39, 0.29) is 37.9 Å². The van der Waals surface area contributed by atoms with Crippen LogP contribution in [-0.2, 0) is 60.8 Å². The van der Waals surface area contributed by atoms with Gasteiger partial charge >= 0.3 is 23.9 Å². The van der Waals surface area contributed by atoms with Gasteiger partial charge in [-0.25, -0.2) is 9.59 Å². The molecule has 0 amide bonds. The van der Waals surface area contributed by atoms with E-state index in [9.17, 15) is 19.2 Å². The molecule has 0 radical (unpaired) electrons. The summed E-state index contributed by atoms with van der Waals surface area (Å²) in [5.41, 5.74) is 1.70. The van der Waals surface area contributed by atoms with Gasteiger partial charge in [-0.2, -0.15) is 0 Å². The van der Waals surface area contributed by atoms with Crippen LogP contribution >= 0.6 is 0 Å². The van der Waals surface area contributed by atoms with Gasteiger partial charge in [-0.15, -0.1) is 0 Å². The number of esters is 4. The van der Waals surface area contributed by atoms with Crippen LogP contribution in [0.1, 0.15) is 97.6 Å². The summed E-state index contributed by atoms with van der Waals surface area (Å²) in [5.74, 6) is -1.09. The fraction of sp³-hybridized carbons (Fsp3) is 0.550. The molecule has 0 bridgehead atoms. The van der Waals surface area contributed by atoms with Crippen molar-refractivity contribution in [1.82, 2.24) is 9.97 Å². The SMILES string of the molecule is C=C(C)C(=O)OCOC.C=C(C)C(=O)OCc1ccncc1.CCC(C)(CCCCCC(C)(CC)C(=O)OCc1ccncc1)C(=O)OCCOC. The van der Waals surface area contributed by atoms with E-state index in [0.29, 0.717) is 24.4 Å². The Morgan fingerprint density at radius 1 is 0.615 bits per heavy atom. The van der Waals surface area contributed by atoms with Crippen LogP contribution in [0.3, 0.4) is 0 Å². The number of carbonyl (C=O) groups excluding carboxylic acids is 4. The Morgan fingerprint density at radius 2 is 1.04 bits per heavy atom. The number of methoxy groups -OCH3 is 2. The van der Waals surface area contributed by atoms with E-state index >= 15 is 0 Å². The molecule has 2 unspecified atom stereocenters. The lowest BCUT2D eigenvalue weighted by Gasteiger charge is -2.27. The van der Waals surface area contributed by atoms with Crippen molar-refractivity contribution >= 4 is 23.9 Å². The highest BCUT2D eigenvalue weighted by molar-refractivity contribution is 5.87. The Balaban J connectivity index is 0.000000960. The van der Waals surface area contributed by atoms with Gasteiger partial charge in [0.2, 0.25) is 0 Å². The zero-order chi connectivity index (χ0) is 39.4. The maximum absolute atomic E-state index is 12.6. The first-order valence-electron chi connectivity index (χ1n) is 17.4. The summed E-state index contributed by atoms with van der Waals surface area (Å²) in [5, 5.41) is 0. The van der Waals surface area contributed by atoms with Gasteiger partial charge in [-0.3, -0.25) is 19.6 Å². The molecule has 2 atom stereocenters. The summed E-state index contributed by atoms with van der Waals surface area (Å²) in [6, 6.07) is 7.29. The summed E-state index contributed by atoms with van der Waals surface area (Å²) in [7, 11) is 3.04. The van der Waals surface area contributed by atoms with Crippen molar-refractivity contribution in [1.29, 1.82) is 0 Å². The van der Waals surface area contributed by atoms with E-state index in [4.69, 9.17) is 18.9 Å². The minimum atomic E-state index is -0.486. The van der Waals surface area contributed by atoms with Crippen LogP contribution in [0.5, 0.6) is 0 Å². The van der Waals surface area contributed by atoms with Crippen molar-refractivity contribution in [3.63, 3.8) is 0 Å². The Kier molecular flexibility index (Phi) is 24.9. The van der Waals surface area contributed by atoms with Crippen LogP contribution < -0.4 is 0 Å². The third kappa shape index (κ3) is 20.4. The smallest absolute Gasteiger partial charge is 0.335 e. The summed E-state index contributed by atoms with van der Waals surface area (Å²) in [6.07, 6.45) is 12.6. The van der Waals surface area contributed by atoms with Gasteiger partial charge in [0.25, 0.3) is 0 Å². The molecule has 0 saturated heterocycles. The number of hydrogen-bond donors (Lipinski definition) is 0. The standard InChI is InChI=1S/C24H39NO5.C10H11NO2.C6H10O3/c1-6-23(3,21(26)29-18-17-28-5)13-9-8-10-14-24(4,7-2)22(27)30-19-20-11-15-25-16-12-20;1-8(2)10(12)13-7-9-3-5-11-6-4-9;1-5(2)6(7)9-4-8-3/h11-12,15-16H,6-10,13-14,17-19H2,1-5H3;3-6H,1,7H2,2H3;1,4H2,2-3H3. The Labute approximate surface area is 310 Å². The molecular formula is C40H60N2O10. The zero-order valence-electron chi connectivity index (χ0n) is 32.5. The van der Waals surface area contributed by atoms with Crippen molar-refractivity contribution in [2.45, 2.75) is 99.7 Å². The molecule has 0 saturated carbocycles. The Morgan fingerprint density at radius 3 is 1.44 bits per heavy atom. The van der Waals surface area contributed by atoms with E-state index in [1.165, 1.54) is 7.11 Å². The highest BCUT2D eigenvalue weighted by atomic mass is 16.7. The molecule has 0 aliphatic heterocycles. The molecule has 12 nitrogen and oxygen atoms in total. The predicted octanol–water partition coefficient (Wildman–Crippen LogP) is 7.51. The minimum Gasteiger partial charge on any atom is -0.463 e. The maximum atomic E-state index is 12.6. The van der Waals surface area contributed by atoms with Gasteiger partial charge in [0.15, 0.2) is 6.79 Å². The number of hydrogen-bond acceptors (Lipinski definition) is 12. The lowest BCUT2D eigenvalue weighted by Crippen LogP contribution is -2.30. The number of unbranched alkanes of at least 4 members (excludes halogenated alkanes) is 2. The fourth-order valence-electron chi connectivity index (χ4n) is 4.23. The molecular weight excluding hydrogens is 668 g/mol. The lowest BCUT2D eigenvalue weighted by molar-refractivity contribution is -0.157. The molecule has 0 aliphatic carbocycles. The van der Waals surface area contributed by atoms with Crippen LogP contribution in [0.25, 0.3) is 0 Å². The van der Waals surface area contributed by atoms with Crippen LogP contribution in [0.2, 0.25) is 0 Å². The third-order valence-electron chi connectivity index (χ3n) is 8.27. The highest BCUT2D eigenvalue weighted by Crippen LogP contribution is 2.33. The first kappa shape index (κ1) is 47.6. The molecule has 2 rings (SSSR count). The molecule has 290 valence electrons. The lowest BCUT2D eigenvalue weighted by atomic mass is 9.80. The number of pyridine rings is 2. The van der Waals surface area contributed by atoms with E-state index in [0.717, 1.165) is 56.1 Å². The van der Waals surface area contributed by atoms with Crippen molar-refractivity contribution in [3.05, 3.63) is 84.5 Å². The number of nitrogens with zero attached hydrogens (tertiary/aromatic N) is 2. The Bertz CT molecular complexity index is 1350. The summed E-state index contributed by atoms with van der Waals surface area (Å²) < 4.78 is 29.7. The van der Waals surface area contributed by atoms with Crippen molar-refractivity contribution in [2.24, 2.45) is 10.8 Å². The van der Waals surface area contributed by atoms with Gasteiger partial charge in [-0.1, -0.05) is 46.3 Å². The van der Waals surface area contributed by atoms with Crippen LogP contribution in [0.4, 0.5) is 0 Å². The molecule has 0 spiro atoms. The van der Waals surface area contributed by atoms with Crippen molar-refractivity contribution in [2.75, 3.05) is 34.2 Å². The third-order valence-corrected chi connectivity index (χ3v) is 8.27. The van der Waals surface area contributed by atoms with Crippen LogP contribution in [0.15, 0.2) is 73.4 Å². The molecule has 2 aromatic heterocycles. The van der Waals surface area contributed by atoms with E-state index < -0.39 is 16.8 Å². The van der Waals surface area contributed by atoms with Gasteiger partial charge < -0.3 is 28.4 Å². The zero-order valence-corrected chi connectivity index (χ0v) is 32.5. The minimum absolute atomic E-state index is 0.00824. The predicted molar refractivity (Wildman–Crippen MR) is 198 cm³/mol. The van der Waals surface area contributed by atoms with Gasteiger partial charge in [0.1, 0.15) is 19.8 Å². The van der Waals surface area contributed by atoms with Gasteiger partial charge in [-0.05, 0) is 88.8 Å². The molecule has 12 heteroatoms. The molecule has 52 heavy (non-hydrogen) atoms. The topological polar surface area (TPSA) is 149 Å². The number of aromatic nitrogens is 2. The number of carbonyl (C=O) groups is 4. The van der Waals surface area contributed by atoms with Crippen molar-refractivity contribution in [3.8, 4) is 0 Å². The van der Waals surface area contributed by atoms with Crippen LogP contribution in [0, 0.1) is 10.8 Å². The number of rotatable bonds is 21. The molecule has 2 aromatic rings. The first-order chi connectivity index (χ1) is 24.7. The molecule has 0 aromatic carbocycles. The summed E-state index contributed by atoms with van der Waals surface area (Å²) >= 11 is 0. The second kappa shape index (κ2) is 27.3. The first-order valence-corrected chi connectivity index (χ1v) is 17.4. The molecule has 0 fully saturated rings. The second-order valence-electron chi connectivity index (χ2n) is 12.8. The van der Waals surface area contributed by atoms with E-state index in [2.05, 4.69) is 32.6 Å². The monoisotopic (exact) mass is 728 g/mol. The van der Waals surface area contributed by atoms with Gasteiger partial charge in [0, 0.05) is 50.2 Å². The maximum Gasteiger partial charge on any atom is 0.335 e. The van der Waals surface area contributed by atoms with Crippen LogP contribution in [-0.4, -0.2) is 68.1 Å². The van der Waals surface area contributed by atoms with E-state index in [1.54, 1.807) is 57.9 Å². The normalized spacial score (nSPS) is 12.5. The van der Waals surface area contributed by atoms with E-state index in [1.807, 2.05) is 39.8 Å². The highest BCUT2D eigenvalue weighted by Gasteiger charge is 2.34. The average molecular weight is 729 g/mol. The molecule has 0 N–H and O–H groups in total. The molecule has 0 aliphatic rings. The summed E-state index contributed by atoms with van der Waals surface area (Å²) in [6.45, 7) is 19.3. The Hall–Kier alpha value is -4.42. The molecule has 2 heterocycles. The summed E-state index contributed by atoms with van der Waals surface area (Å²) in [4.78, 5) is 54.3.